The molecule has 5 heteroatoms. The highest BCUT2D eigenvalue weighted by Gasteiger charge is 2.47. The van der Waals surface area contributed by atoms with Crippen LogP contribution in [0.25, 0.3) is 0 Å². The van der Waals surface area contributed by atoms with Crippen LogP contribution in [0.1, 0.15) is 30.7 Å². The molecule has 1 saturated heterocycles. The van der Waals surface area contributed by atoms with Crippen molar-refractivity contribution in [3.05, 3.63) is 35.4 Å². The summed E-state index contributed by atoms with van der Waals surface area (Å²) < 4.78 is 26.7. The molecule has 1 aromatic rings. The molecule has 2 atom stereocenters. The maximum atomic E-state index is 13.7. The van der Waals surface area contributed by atoms with E-state index in [9.17, 15) is 13.6 Å². The Bertz CT molecular complexity index is 541. The number of carbonyl (C=O) groups excluding carboxylic acids is 1. The monoisotopic (exact) mass is 294 g/mol. The Balaban J connectivity index is 1.61. The Hall–Kier alpha value is -1.49. The summed E-state index contributed by atoms with van der Waals surface area (Å²) in [5, 5.41) is 3.23. The summed E-state index contributed by atoms with van der Waals surface area (Å²) >= 11 is 0. The van der Waals surface area contributed by atoms with Crippen molar-refractivity contribution in [3.63, 3.8) is 0 Å². The standard InChI is InChI=1S/C16H20F2N2O/c1-19-11-4-6-20(7-5-11)16(21)14-9-13(14)12-3-2-10(17)8-15(12)18/h2-3,8,11,13-14,19H,4-7,9H2,1H3. The predicted octanol–water partition coefficient (Wildman–Crippen LogP) is 2.28. The summed E-state index contributed by atoms with van der Waals surface area (Å²) in [6, 6.07) is 4.11. The van der Waals surface area contributed by atoms with Gasteiger partial charge in [-0.2, -0.15) is 0 Å². The molecule has 0 spiro atoms. The highest BCUT2D eigenvalue weighted by Crippen LogP contribution is 2.49. The maximum absolute atomic E-state index is 13.7. The van der Waals surface area contributed by atoms with Crippen molar-refractivity contribution in [3.8, 4) is 0 Å². The number of carbonyl (C=O) groups is 1. The number of likely N-dealkylation sites (tertiary alicyclic amines) is 1. The van der Waals surface area contributed by atoms with Crippen LogP contribution in [0, 0.1) is 17.6 Å². The van der Waals surface area contributed by atoms with Crippen LogP contribution in [0.5, 0.6) is 0 Å². The number of nitrogens with zero attached hydrogens (tertiary/aromatic N) is 1. The van der Waals surface area contributed by atoms with Crippen molar-refractivity contribution in [2.24, 2.45) is 5.92 Å². The second-order valence-corrected chi connectivity index (χ2v) is 6.00. The van der Waals surface area contributed by atoms with Gasteiger partial charge in [0.15, 0.2) is 0 Å². The Kier molecular flexibility index (Phi) is 3.93. The van der Waals surface area contributed by atoms with E-state index in [0.29, 0.717) is 18.0 Å². The molecule has 2 aliphatic rings. The molecule has 1 saturated carbocycles. The molecule has 114 valence electrons. The van der Waals surface area contributed by atoms with E-state index in [4.69, 9.17) is 0 Å². The molecule has 0 radical (unpaired) electrons. The molecule has 1 heterocycles. The second kappa shape index (κ2) is 5.72. The summed E-state index contributed by atoms with van der Waals surface area (Å²) in [6.07, 6.45) is 2.60. The van der Waals surface area contributed by atoms with E-state index in [2.05, 4.69) is 5.32 Å². The minimum Gasteiger partial charge on any atom is -0.342 e. The first-order chi connectivity index (χ1) is 10.1. The van der Waals surface area contributed by atoms with E-state index in [-0.39, 0.29) is 17.7 Å². The summed E-state index contributed by atoms with van der Waals surface area (Å²) in [6.45, 7) is 1.53. The maximum Gasteiger partial charge on any atom is 0.226 e. The Morgan fingerprint density at radius 3 is 2.62 bits per heavy atom. The van der Waals surface area contributed by atoms with Crippen LogP contribution in [0.2, 0.25) is 0 Å². The third kappa shape index (κ3) is 2.93. The van der Waals surface area contributed by atoms with E-state index >= 15 is 0 Å². The van der Waals surface area contributed by atoms with Gasteiger partial charge in [0, 0.05) is 31.1 Å². The van der Waals surface area contributed by atoms with Crippen LogP contribution in [0.4, 0.5) is 8.78 Å². The average molecular weight is 294 g/mol. The van der Waals surface area contributed by atoms with E-state index < -0.39 is 11.6 Å². The fourth-order valence-electron chi connectivity index (χ4n) is 3.24. The zero-order valence-corrected chi connectivity index (χ0v) is 12.1. The first-order valence-electron chi connectivity index (χ1n) is 7.51. The normalized spacial score (nSPS) is 26.0. The molecular weight excluding hydrogens is 274 g/mol. The summed E-state index contributed by atoms with van der Waals surface area (Å²) in [7, 11) is 1.94. The lowest BCUT2D eigenvalue weighted by molar-refractivity contribution is -0.133. The van der Waals surface area contributed by atoms with Gasteiger partial charge in [-0.3, -0.25) is 4.79 Å². The molecule has 1 aliphatic carbocycles. The van der Waals surface area contributed by atoms with Crippen LogP contribution in [-0.4, -0.2) is 37.0 Å². The molecule has 1 N–H and O–H groups in total. The zero-order valence-electron chi connectivity index (χ0n) is 12.1. The van der Waals surface area contributed by atoms with Crippen molar-refractivity contribution in [2.75, 3.05) is 20.1 Å². The fourth-order valence-corrected chi connectivity index (χ4v) is 3.24. The first-order valence-corrected chi connectivity index (χ1v) is 7.51. The quantitative estimate of drug-likeness (QED) is 0.927. The molecule has 3 nitrogen and oxygen atoms in total. The van der Waals surface area contributed by atoms with Crippen LogP contribution < -0.4 is 5.32 Å². The summed E-state index contributed by atoms with van der Waals surface area (Å²) in [4.78, 5) is 14.3. The second-order valence-electron chi connectivity index (χ2n) is 6.00. The van der Waals surface area contributed by atoms with E-state index in [0.717, 1.165) is 32.0 Å². The molecule has 1 amide bonds. The van der Waals surface area contributed by atoms with Gasteiger partial charge >= 0.3 is 0 Å². The predicted molar refractivity (Wildman–Crippen MR) is 75.9 cm³/mol. The van der Waals surface area contributed by atoms with Gasteiger partial charge in [-0.05, 0) is 43.9 Å². The number of hydrogen-bond acceptors (Lipinski definition) is 2. The largest absolute Gasteiger partial charge is 0.342 e. The third-order valence-electron chi connectivity index (χ3n) is 4.68. The number of hydrogen-bond donors (Lipinski definition) is 1. The zero-order chi connectivity index (χ0) is 15.0. The Labute approximate surface area is 123 Å². The molecule has 2 fully saturated rings. The van der Waals surface area contributed by atoms with E-state index in [1.807, 2.05) is 11.9 Å². The van der Waals surface area contributed by atoms with Gasteiger partial charge in [0.2, 0.25) is 5.91 Å². The number of amides is 1. The van der Waals surface area contributed by atoms with Crippen molar-refractivity contribution < 1.29 is 13.6 Å². The van der Waals surface area contributed by atoms with Gasteiger partial charge in [0.25, 0.3) is 0 Å². The van der Waals surface area contributed by atoms with Gasteiger partial charge in [-0.1, -0.05) is 6.07 Å². The number of halogens is 2. The molecule has 0 bridgehead atoms. The Morgan fingerprint density at radius 1 is 1.29 bits per heavy atom. The summed E-state index contributed by atoms with van der Waals surface area (Å²) in [5.41, 5.74) is 0.472. The lowest BCUT2D eigenvalue weighted by Gasteiger charge is -2.32. The number of benzene rings is 1. The highest BCUT2D eigenvalue weighted by molar-refractivity contribution is 5.83. The smallest absolute Gasteiger partial charge is 0.226 e. The SMILES string of the molecule is CNC1CCN(C(=O)C2CC2c2ccc(F)cc2F)CC1. The molecule has 3 rings (SSSR count). The van der Waals surface area contributed by atoms with Gasteiger partial charge in [-0.15, -0.1) is 0 Å². The van der Waals surface area contributed by atoms with E-state index in [1.165, 1.54) is 12.1 Å². The lowest BCUT2D eigenvalue weighted by atomic mass is 10.0. The number of rotatable bonds is 3. The van der Waals surface area contributed by atoms with Crippen LogP contribution in [0.15, 0.2) is 18.2 Å². The van der Waals surface area contributed by atoms with Crippen molar-refractivity contribution >= 4 is 5.91 Å². The lowest BCUT2D eigenvalue weighted by Crippen LogP contribution is -2.44. The van der Waals surface area contributed by atoms with Gasteiger partial charge in [0.1, 0.15) is 11.6 Å². The average Bonchev–Trinajstić information content (AvgIpc) is 3.27. The number of piperidine rings is 1. The minimum absolute atomic E-state index is 0.0832. The molecule has 21 heavy (non-hydrogen) atoms. The minimum atomic E-state index is -0.575. The van der Waals surface area contributed by atoms with Crippen molar-refractivity contribution in [1.29, 1.82) is 0 Å². The van der Waals surface area contributed by atoms with E-state index in [1.54, 1.807) is 0 Å². The van der Waals surface area contributed by atoms with Gasteiger partial charge < -0.3 is 10.2 Å². The van der Waals surface area contributed by atoms with Crippen LogP contribution in [0.3, 0.4) is 0 Å². The molecule has 0 aromatic heterocycles. The Morgan fingerprint density at radius 2 is 2.00 bits per heavy atom. The molecule has 1 aliphatic heterocycles. The van der Waals surface area contributed by atoms with Crippen molar-refractivity contribution in [2.45, 2.75) is 31.2 Å². The summed E-state index contributed by atoms with van der Waals surface area (Å²) in [5.74, 6) is -1.20. The molecular formula is C16H20F2N2O. The van der Waals surface area contributed by atoms with Gasteiger partial charge in [0.05, 0.1) is 0 Å². The number of nitrogens with one attached hydrogen (secondary N) is 1. The topological polar surface area (TPSA) is 32.3 Å². The highest BCUT2D eigenvalue weighted by atomic mass is 19.1. The molecule has 1 aromatic carbocycles. The third-order valence-corrected chi connectivity index (χ3v) is 4.68. The van der Waals surface area contributed by atoms with Crippen LogP contribution in [-0.2, 0) is 4.79 Å². The fraction of sp³-hybridized carbons (Fsp3) is 0.562. The van der Waals surface area contributed by atoms with Gasteiger partial charge in [-0.25, -0.2) is 8.78 Å². The first kappa shape index (κ1) is 14.4. The molecule has 2 unspecified atom stereocenters. The van der Waals surface area contributed by atoms with Crippen molar-refractivity contribution in [1.82, 2.24) is 10.2 Å². The van der Waals surface area contributed by atoms with Crippen LogP contribution >= 0.6 is 0 Å².